The summed E-state index contributed by atoms with van der Waals surface area (Å²) in [7, 11) is 1.89. The highest BCUT2D eigenvalue weighted by atomic mass is 16.6. The molecule has 1 heterocycles. The molecule has 0 saturated heterocycles. The van der Waals surface area contributed by atoms with Gasteiger partial charge in [0.15, 0.2) is 0 Å². The minimum atomic E-state index is -0.306. The van der Waals surface area contributed by atoms with Crippen molar-refractivity contribution in [3.05, 3.63) is 21.5 Å². The van der Waals surface area contributed by atoms with Crippen LogP contribution < -0.4 is 5.32 Å². The van der Waals surface area contributed by atoms with Crippen molar-refractivity contribution in [2.45, 2.75) is 39.7 Å². The first-order valence-corrected chi connectivity index (χ1v) is 6.03. The van der Waals surface area contributed by atoms with E-state index in [-0.39, 0.29) is 10.6 Å². The van der Waals surface area contributed by atoms with E-state index in [2.05, 4.69) is 10.4 Å². The Morgan fingerprint density at radius 2 is 2.12 bits per heavy atom. The van der Waals surface area contributed by atoms with Crippen molar-refractivity contribution >= 4 is 5.69 Å². The molecule has 0 atom stereocenters. The Hall–Kier alpha value is -1.43. The molecule has 6 heteroatoms. The quantitative estimate of drug-likeness (QED) is 0.445. The number of nitrogens with one attached hydrogen (secondary N) is 1. The van der Waals surface area contributed by atoms with E-state index in [1.54, 1.807) is 4.68 Å². The summed E-state index contributed by atoms with van der Waals surface area (Å²) in [5.41, 5.74) is 1.54. The average Bonchev–Trinajstić information content (AvgIpc) is 2.67. The van der Waals surface area contributed by atoms with Gasteiger partial charge >= 0.3 is 5.69 Å². The van der Waals surface area contributed by atoms with Gasteiger partial charge in [0.2, 0.25) is 0 Å². The van der Waals surface area contributed by atoms with Gasteiger partial charge in [-0.05, 0) is 32.9 Å². The van der Waals surface area contributed by atoms with Crippen molar-refractivity contribution in [1.29, 1.82) is 0 Å². The molecular weight excluding hydrogens is 220 g/mol. The third kappa shape index (κ3) is 3.03. The standard InChI is InChI=1S/C11H20N4O2/c1-4-9-11(15(16)17)10(5-2)14(13-9)8-6-7-12-3/h12H,4-8H2,1-3H3. The molecule has 0 aliphatic rings. The molecule has 0 radical (unpaired) electrons. The number of nitrogens with zero attached hydrogens (tertiary/aromatic N) is 3. The van der Waals surface area contributed by atoms with Gasteiger partial charge in [0.1, 0.15) is 11.4 Å². The monoisotopic (exact) mass is 240 g/mol. The molecule has 1 rings (SSSR count). The topological polar surface area (TPSA) is 73.0 Å². The van der Waals surface area contributed by atoms with Crippen LogP contribution in [0.3, 0.4) is 0 Å². The normalized spacial score (nSPS) is 10.8. The zero-order valence-electron chi connectivity index (χ0n) is 10.7. The molecule has 96 valence electrons. The minimum absolute atomic E-state index is 0.208. The molecule has 1 N–H and O–H groups in total. The number of aryl methyl sites for hydroxylation is 2. The maximum Gasteiger partial charge on any atom is 0.313 e. The van der Waals surface area contributed by atoms with Crippen LogP contribution >= 0.6 is 0 Å². The van der Waals surface area contributed by atoms with Crippen LogP contribution in [-0.4, -0.2) is 28.3 Å². The Labute approximate surface area is 101 Å². The predicted octanol–water partition coefficient (Wildman–Crippen LogP) is 1.53. The Morgan fingerprint density at radius 1 is 1.41 bits per heavy atom. The van der Waals surface area contributed by atoms with Crippen LogP contribution in [0.4, 0.5) is 5.69 Å². The van der Waals surface area contributed by atoms with Crippen molar-refractivity contribution in [3.8, 4) is 0 Å². The fraction of sp³-hybridized carbons (Fsp3) is 0.727. The summed E-state index contributed by atoms with van der Waals surface area (Å²) in [4.78, 5) is 10.7. The van der Waals surface area contributed by atoms with Gasteiger partial charge in [0, 0.05) is 6.54 Å². The summed E-state index contributed by atoms with van der Waals surface area (Å²) in [6.07, 6.45) is 2.16. The lowest BCUT2D eigenvalue weighted by molar-refractivity contribution is -0.386. The number of nitro groups is 1. The molecule has 0 bridgehead atoms. The first kappa shape index (κ1) is 13.6. The Morgan fingerprint density at radius 3 is 2.59 bits per heavy atom. The maximum absolute atomic E-state index is 11.0. The van der Waals surface area contributed by atoms with Gasteiger partial charge in [-0.25, -0.2) is 0 Å². The molecule has 6 nitrogen and oxygen atoms in total. The summed E-state index contributed by atoms with van der Waals surface area (Å²) in [6, 6.07) is 0. The van der Waals surface area contributed by atoms with E-state index in [9.17, 15) is 10.1 Å². The minimum Gasteiger partial charge on any atom is -0.320 e. The first-order valence-electron chi connectivity index (χ1n) is 6.03. The Bertz CT molecular complexity index is 387. The molecule has 0 unspecified atom stereocenters. The summed E-state index contributed by atoms with van der Waals surface area (Å²) in [5, 5.41) is 18.4. The number of hydrogen-bond donors (Lipinski definition) is 1. The van der Waals surface area contributed by atoms with E-state index in [0.717, 1.165) is 25.2 Å². The average molecular weight is 240 g/mol. The lowest BCUT2D eigenvalue weighted by Crippen LogP contribution is -2.13. The molecule has 0 aliphatic heterocycles. The molecule has 0 fully saturated rings. The second kappa shape index (κ2) is 6.34. The zero-order valence-corrected chi connectivity index (χ0v) is 10.7. The van der Waals surface area contributed by atoms with E-state index < -0.39 is 0 Å². The van der Waals surface area contributed by atoms with Crippen LogP contribution in [0.1, 0.15) is 31.7 Å². The lowest BCUT2D eigenvalue weighted by Gasteiger charge is -2.04. The van der Waals surface area contributed by atoms with Crippen molar-refractivity contribution in [1.82, 2.24) is 15.1 Å². The summed E-state index contributed by atoms with van der Waals surface area (Å²) < 4.78 is 1.79. The molecule has 0 aliphatic carbocycles. The van der Waals surface area contributed by atoms with E-state index in [1.807, 2.05) is 20.9 Å². The molecule has 0 saturated carbocycles. The van der Waals surface area contributed by atoms with Gasteiger partial charge in [-0.1, -0.05) is 13.8 Å². The van der Waals surface area contributed by atoms with Gasteiger partial charge in [-0.15, -0.1) is 0 Å². The van der Waals surface area contributed by atoms with Gasteiger partial charge in [-0.2, -0.15) is 5.10 Å². The largest absolute Gasteiger partial charge is 0.320 e. The highest BCUT2D eigenvalue weighted by Gasteiger charge is 2.24. The van der Waals surface area contributed by atoms with E-state index >= 15 is 0 Å². The molecule has 0 aromatic carbocycles. The molecule has 1 aromatic heterocycles. The second-order valence-electron chi connectivity index (χ2n) is 3.89. The lowest BCUT2D eigenvalue weighted by atomic mass is 10.2. The van der Waals surface area contributed by atoms with E-state index in [0.29, 0.717) is 18.5 Å². The fourth-order valence-electron chi connectivity index (χ4n) is 1.93. The Kier molecular flexibility index (Phi) is 5.09. The molecular formula is C11H20N4O2. The van der Waals surface area contributed by atoms with Crippen LogP contribution in [0.25, 0.3) is 0 Å². The van der Waals surface area contributed by atoms with Gasteiger partial charge < -0.3 is 5.32 Å². The maximum atomic E-state index is 11.0. The van der Waals surface area contributed by atoms with Crippen molar-refractivity contribution < 1.29 is 4.92 Å². The van der Waals surface area contributed by atoms with E-state index in [1.165, 1.54) is 0 Å². The van der Waals surface area contributed by atoms with Gasteiger partial charge in [0.05, 0.1) is 4.92 Å². The van der Waals surface area contributed by atoms with Crippen molar-refractivity contribution in [3.63, 3.8) is 0 Å². The van der Waals surface area contributed by atoms with Crippen LogP contribution in [0, 0.1) is 10.1 Å². The Balaban J connectivity index is 3.00. The molecule has 0 amide bonds. The van der Waals surface area contributed by atoms with Crippen LogP contribution in [0.2, 0.25) is 0 Å². The summed E-state index contributed by atoms with van der Waals surface area (Å²) in [5.74, 6) is 0. The predicted molar refractivity (Wildman–Crippen MR) is 66.2 cm³/mol. The number of aromatic nitrogens is 2. The molecule has 0 spiro atoms. The highest BCUT2D eigenvalue weighted by Crippen LogP contribution is 2.24. The number of hydrogen-bond acceptors (Lipinski definition) is 4. The van der Waals surface area contributed by atoms with Crippen LogP contribution in [-0.2, 0) is 19.4 Å². The first-order chi connectivity index (χ1) is 8.15. The molecule has 17 heavy (non-hydrogen) atoms. The zero-order chi connectivity index (χ0) is 12.8. The summed E-state index contributed by atoms with van der Waals surface area (Å²) >= 11 is 0. The summed E-state index contributed by atoms with van der Waals surface area (Å²) in [6.45, 7) is 5.44. The van der Waals surface area contributed by atoms with Gasteiger partial charge in [-0.3, -0.25) is 14.8 Å². The van der Waals surface area contributed by atoms with E-state index in [4.69, 9.17) is 0 Å². The fourth-order valence-corrected chi connectivity index (χ4v) is 1.93. The van der Waals surface area contributed by atoms with Crippen LogP contribution in [0.15, 0.2) is 0 Å². The van der Waals surface area contributed by atoms with Crippen LogP contribution in [0.5, 0.6) is 0 Å². The number of rotatable bonds is 7. The van der Waals surface area contributed by atoms with Crippen molar-refractivity contribution in [2.75, 3.05) is 13.6 Å². The SMILES string of the molecule is CCc1nn(CCCNC)c(CC)c1[N+](=O)[O-]. The van der Waals surface area contributed by atoms with Crippen molar-refractivity contribution in [2.24, 2.45) is 0 Å². The smallest absolute Gasteiger partial charge is 0.313 e. The third-order valence-corrected chi connectivity index (χ3v) is 2.75. The highest BCUT2D eigenvalue weighted by molar-refractivity contribution is 5.41. The third-order valence-electron chi connectivity index (χ3n) is 2.75. The molecule has 1 aromatic rings. The van der Waals surface area contributed by atoms with Gasteiger partial charge in [0.25, 0.3) is 0 Å². The second-order valence-corrected chi connectivity index (χ2v) is 3.89.